The van der Waals surface area contributed by atoms with Crippen molar-refractivity contribution in [1.82, 2.24) is 0 Å². The van der Waals surface area contributed by atoms with Gasteiger partial charge in [-0.05, 0) is 44.8 Å². The molecule has 0 unspecified atom stereocenters. The maximum absolute atomic E-state index is 4.35. The van der Waals surface area contributed by atoms with E-state index in [2.05, 4.69) is 115 Å². The summed E-state index contributed by atoms with van der Waals surface area (Å²) in [6.07, 6.45) is 9.64. The second-order valence-corrected chi connectivity index (χ2v) is 8.33. The Labute approximate surface area is 221 Å². The van der Waals surface area contributed by atoms with Gasteiger partial charge < -0.3 is 5.32 Å². The summed E-state index contributed by atoms with van der Waals surface area (Å²) in [5.41, 5.74) is 5.71. The van der Waals surface area contributed by atoms with Crippen LogP contribution in [0.2, 0.25) is 0 Å². The quantitative estimate of drug-likeness (QED) is 0.177. The third kappa shape index (κ3) is 4.25. The van der Waals surface area contributed by atoms with Crippen molar-refractivity contribution in [1.29, 1.82) is 0 Å². The van der Waals surface area contributed by atoms with Crippen LogP contribution in [-0.4, -0.2) is 19.8 Å². The van der Waals surface area contributed by atoms with Crippen LogP contribution in [0.5, 0.6) is 0 Å². The minimum absolute atomic E-state index is 0. The summed E-state index contributed by atoms with van der Waals surface area (Å²) in [5, 5.41) is 13.3. The summed E-state index contributed by atoms with van der Waals surface area (Å²) in [4.78, 5) is 4.35. The van der Waals surface area contributed by atoms with E-state index in [-0.39, 0.29) is 21.1 Å². The molecule has 35 heavy (non-hydrogen) atoms. The van der Waals surface area contributed by atoms with Gasteiger partial charge in [-0.15, -0.1) is 18.8 Å². The minimum Gasteiger partial charge on any atom is -0.686 e. The molecule has 1 aliphatic carbocycles. The molecule has 0 heterocycles. The predicted molar refractivity (Wildman–Crippen MR) is 149 cm³/mol. The van der Waals surface area contributed by atoms with Crippen LogP contribution in [0, 0.1) is 6.42 Å². The second kappa shape index (κ2) is 10.4. The molecule has 1 aliphatic rings. The van der Waals surface area contributed by atoms with Gasteiger partial charge in [-0.25, -0.2) is 0 Å². The van der Waals surface area contributed by atoms with Crippen molar-refractivity contribution in [3.05, 3.63) is 113 Å². The van der Waals surface area contributed by atoms with Gasteiger partial charge in [0.2, 0.25) is 0 Å². The Hall–Kier alpha value is -3.44. The molecule has 0 bridgehead atoms. The van der Waals surface area contributed by atoms with Crippen molar-refractivity contribution in [3.63, 3.8) is 0 Å². The number of rotatable bonds is 2. The fraction of sp³-hybridized carbons (Fsp3) is 0.125. The predicted octanol–water partition coefficient (Wildman–Crippen LogP) is 7.88. The van der Waals surface area contributed by atoms with Gasteiger partial charge in [0.25, 0.3) is 0 Å². The maximum Gasteiger partial charge on any atom is 0.0848 e. The van der Waals surface area contributed by atoms with Crippen molar-refractivity contribution in [2.24, 2.45) is 4.99 Å². The van der Waals surface area contributed by atoms with Crippen molar-refractivity contribution in [2.45, 2.75) is 13.8 Å². The van der Waals surface area contributed by atoms with Gasteiger partial charge in [-0.2, -0.15) is 18.1 Å². The Morgan fingerprint density at radius 1 is 0.771 bits per heavy atom. The van der Waals surface area contributed by atoms with Crippen LogP contribution in [-0.2, 0) is 21.1 Å². The Bertz CT molecular complexity index is 1630. The number of hydrogen-bond donors (Lipinski definition) is 0. The molecule has 6 rings (SSSR count). The average Bonchev–Trinajstić information content (AvgIpc) is 2.90. The van der Waals surface area contributed by atoms with E-state index in [9.17, 15) is 0 Å². The molecule has 0 atom stereocenters. The SMILES string of the molecule is CN=C1C=Cc2cccc3ccc([N-]C)c1c23.C[C+]=c1ccc2cccc3ccc([CH-]C)c1c32.[Pt]. The molecule has 0 saturated carbocycles. The molecule has 0 spiro atoms. The first kappa shape index (κ1) is 24.7. The van der Waals surface area contributed by atoms with Gasteiger partial charge in [0.05, 0.1) is 10.9 Å². The first-order valence-corrected chi connectivity index (χ1v) is 11.6. The summed E-state index contributed by atoms with van der Waals surface area (Å²) >= 11 is 0. The molecule has 0 radical (unpaired) electrons. The van der Waals surface area contributed by atoms with E-state index in [0.717, 1.165) is 17.0 Å². The molecule has 176 valence electrons. The van der Waals surface area contributed by atoms with E-state index in [1.807, 2.05) is 21.0 Å². The third-order valence-corrected chi connectivity index (χ3v) is 6.60. The molecule has 0 saturated heterocycles. The van der Waals surface area contributed by atoms with E-state index in [0.29, 0.717) is 0 Å². The zero-order chi connectivity index (χ0) is 23.7. The molecule has 0 aliphatic heterocycles. The number of nitrogens with zero attached hydrogens (tertiary/aromatic N) is 2. The Kier molecular flexibility index (Phi) is 7.36. The normalized spacial score (nSPS) is 13.4. The molecule has 0 N–H and O–H groups in total. The molecular formula is C32H27N2Pt-. The summed E-state index contributed by atoms with van der Waals surface area (Å²) < 4.78 is 0. The Balaban J connectivity index is 0.000000160. The van der Waals surface area contributed by atoms with E-state index in [4.69, 9.17) is 0 Å². The fourth-order valence-electron chi connectivity index (χ4n) is 4.98. The van der Waals surface area contributed by atoms with Crippen LogP contribution in [0.3, 0.4) is 0 Å². The van der Waals surface area contributed by atoms with E-state index < -0.39 is 0 Å². The molecule has 0 amide bonds. The molecule has 5 aromatic carbocycles. The van der Waals surface area contributed by atoms with Crippen LogP contribution in [0.25, 0.3) is 49.8 Å². The van der Waals surface area contributed by atoms with Crippen LogP contribution >= 0.6 is 0 Å². The van der Waals surface area contributed by atoms with Gasteiger partial charge in [-0.1, -0.05) is 72.3 Å². The molecule has 3 heteroatoms. The average molecular weight is 635 g/mol. The number of allylic oxidation sites excluding steroid dienone is 1. The maximum atomic E-state index is 4.35. The summed E-state index contributed by atoms with van der Waals surface area (Å²) in [6, 6.07) is 25.7. The standard InChI is InChI=1S/C17H14.C15H13N2.Pt/c1-3-12-8-10-14-6-5-7-15-11-9-13(4-2)16(12)17(14)15;1-16-12-8-6-10-4-3-5-11-7-9-13(17-2)15(12)14(10)11;/h3,5-11H,1-2H3;3-9H,1-2H3;/q;-1;. The number of hydrogen-bond acceptors (Lipinski definition) is 1. The number of aliphatic imine (C=N–C) groups is 1. The van der Waals surface area contributed by atoms with Crippen molar-refractivity contribution < 1.29 is 21.1 Å². The molecule has 5 aromatic rings. The van der Waals surface area contributed by atoms with Gasteiger partial charge in [0, 0.05) is 47.2 Å². The van der Waals surface area contributed by atoms with Gasteiger partial charge >= 0.3 is 0 Å². The van der Waals surface area contributed by atoms with Gasteiger partial charge in [0.1, 0.15) is 0 Å². The Morgan fingerprint density at radius 2 is 1.43 bits per heavy atom. The Morgan fingerprint density at radius 3 is 2.09 bits per heavy atom. The van der Waals surface area contributed by atoms with Crippen molar-refractivity contribution in [3.8, 4) is 0 Å². The zero-order valence-corrected chi connectivity index (χ0v) is 22.6. The van der Waals surface area contributed by atoms with Crippen LogP contribution < -0.4 is 5.22 Å². The second-order valence-electron chi connectivity index (χ2n) is 8.33. The first-order chi connectivity index (χ1) is 16.7. The van der Waals surface area contributed by atoms with Crippen molar-refractivity contribution >= 4 is 55.9 Å². The van der Waals surface area contributed by atoms with Crippen LogP contribution in [0.15, 0.2) is 83.9 Å². The van der Waals surface area contributed by atoms with Crippen LogP contribution in [0.4, 0.5) is 5.69 Å². The molecule has 2 nitrogen and oxygen atoms in total. The fourth-order valence-corrected chi connectivity index (χ4v) is 4.98. The minimum atomic E-state index is 0. The van der Waals surface area contributed by atoms with Crippen LogP contribution in [0.1, 0.15) is 30.5 Å². The molecule has 0 fully saturated rings. The van der Waals surface area contributed by atoms with Gasteiger partial charge in [-0.3, -0.25) is 4.99 Å². The largest absolute Gasteiger partial charge is 0.686 e. The first-order valence-electron chi connectivity index (χ1n) is 11.6. The van der Waals surface area contributed by atoms with Crippen molar-refractivity contribution in [2.75, 3.05) is 14.1 Å². The molecular weight excluding hydrogens is 607 g/mol. The number of benzene rings is 5. The smallest absolute Gasteiger partial charge is 0.0848 e. The summed E-state index contributed by atoms with van der Waals surface area (Å²) in [6.45, 7) is 4.07. The molecule has 0 aromatic heterocycles. The monoisotopic (exact) mass is 634 g/mol. The van der Waals surface area contributed by atoms with E-state index >= 15 is 0 Å². The topological polar surface area (TPSA) is 26.5 Å². The third-order valence-electron chi connectivity index (χ3n) is 6.60. The van der Waals surface area contributed by atoms with Gasteiger partial charge in [0.15, 0.2) is 0 Å². The van der Waals surface area contributed by atoms with E-state index in [1.165, 1.54) is 48.7 Å². The summed E-state index contributed by atoms with van der Waals surface area (Å²) in [7, 11) is 3.65. The van der Waals surface area contributed by atoms with E-state index in [1.54, 1.807) is 0 Å². The summed E-state index contributed by atoms with van der Waals surface area (Å²) in [5.74, 6) is 0. The zero-order valence-electron chi connectivity index (χ0n) is 20.4.